The Morgan fingerprint density at radius 2 is 1.78 bits per heavy atom. The van der Waals surface area contributed by atoms with Gasteiger partial charge in [-0.05, 0) is 30.7 Å². The molecule has 7 nitrogen and oxygen atoms in total. The van der Waals surface area contributed by atoms with E-state index in [2.05, 4.69) is 15.3 Å². The minimum atomic E-state index is -1.62. The molecule has 0 spiro atoms. The van der Waals surface area contributed by atoms with Crippen molar-refractivity contribution >= 4 is 23.3 Å². The molecule has 1 aliphatic rings. The van der Waals surface area contributed by atoms with E-state index in [1.165, 1.54) is 23.2 Å². The van der Waals surface area contributed by atoms with E-state index in [9.17, 15) is 27.6 Å². The number of carbonyl (C=O) groups is 3. The number of benzene rings is 1. The summed E-state index contributed by atoms with van der Waals surface area (Å²) in [5.74, 6) is -6.28. The minimum absolute atomic E-state index is 0.0851. The number of H-pyrrole nitrogens is 1. The van der Waals surface area contributed by atoms with Crippen LogP contribution in [0.15, 0.2) is 48.8 Å². The Hall–Kier alpha value is -3.95. The highest BCUT2D eigenvalue weighted by molar-refractivity contribution is 6.08. The van der Waals surface area contributed by atoms with Crippen LogP contribution in [0.25, 0.3) is 0 Å². The molecule has 1 saturated heterocycles. The first-order valence-corrected chi connectivity index (χ1v) is 9.72. The minimum Gasteiger partial charge on any atom is -0.348 e. The van der Waals surface area contributed by atoms with Crippen molar-refractivity contribution in [1.29, 1.82) is 0 Å². The maximum absolute atomic E-state index is 13.3. The number of likely N-dealkylation sites (tertiary alicyclic amines) is 1. The van der Waals surface area contributed by atoms with Gasteiger partial charge in [-0.25, -0.2) is 13.2 Å². The Bertz CT molecular complexity index is 1170. The first-order valence-electron chi connectivity index (χ1n) is 9.72. The van der Waals surface area contributed by atoms with Crippen molar-refractivity contribution in [1.82, 2.24) is 14.9 Å². The Labute approximate surface area is 180 Å². The predicted octanol–water partition coefficient (Wildman–Crippen LogP) is 3.16. The number of aromatic nitrogens is 2. The van der Waals surface area contributed by atoms with Crippen LogP contribution in [0.4, 0.5) is 18.9 Å². The highest BCUT2D eigenvalue weighted by atomic mass is 19.2. The highest BCUT2D eigenvalue weighted by Gasteiger charge is 2.32. The normalized spacial score (nSPS) is 15.6. The molecule has 2 amide bonds. The SMILES string of the molecule is O=C(c1cccnc1)c1ccc(C(=O)N2CCC(C(=O)Nc3cc(F)c(F)c(F)c3)C2)[nH]1. The number of amides is 2. The van der Waals surface area contributed by atoms with Gasteiger partial charge in [-0.15, -0.1) is 0 Å². The van der Waals surface area contributed by atoms with Gasteiger partial charge in [0.1, 0.15) is 5.69 Å². The third-order valence-corrected chi connectivity index (χ3v) is 5.18. The molecule has 3 heterocycles. The van der Waals surface area contributed by atoms with Crippen LogP contribution in [-0.4, -0.2) is 45.6 Å². The molecule has 0 radical (unpaired) electrons. The molecule has 2 aromatic heterocycles. The summed E-state index contributed by atoms with van der Waals surface area (Å²) in [6, 6.07) is 7.61. The smallest absolute Gasteiger partial charge is 0.270 e. The average Bonchev–Trinajstić information content (AvgIpc) is 3.47. The second-order valence-electron chi connectivity index (χ2n) is 7.34. The van der Waals surface area contributed by atoms with Crippen LogP contribution in [0, 0.1) is 23.4 Å². The van der Waals surface area contributed by atoms with Crippen molar-refractivity contribution in [2.45, 2.75) is 6.42 Å². The van der Waals surface area contributed by atoms with E-state index in [1.54, 1.807) is 18.3 Å². The molecule has 1 aromatic carbocycles. The second-order valence-corrected chi connectivity index (χ2v) is 7.34. The Morgan fingerprint density at radius 3 is 2.47 bits per heavy atom. The molecule has 1 unspecified atom stereocenters. The van der Waals surface area contributed by atoms with Crippen LogP contribution in [0.5, 0.6) is 0 Å². The molecule has 3 aromatic rings. The number of hydrogen-bond acceptors (Lipinski definition) is 4. The lowest BCUT2D eigenvalue weighted by molar-refractivity contribution is -0.119. The fourth-order valence-corrected chi connectivity index (χ4v) is 3.51. The molecule has 1 aliphatic heterocycles. The van der Waals surface area contributed by atoms with Crippen LogP contribution < -0.4 is 5.32 Å². The van der Waals surface area contributed by atoms with E-state index >= 15 is 0 Å². The van der Waals surface area contributed by atoms with Crippen molar-refractivity contribution < 1.29 is 27.6 Å². The molecule has 4 rings (SSSR count). The van der Waals surface area contributed by atoms with Gasteiger partial charge >= 0.3 is 0 Å². The lowest BCUT2D eigenvalue weighted by atomic mass is 10.1. The number of halogens is 3. The van der Waals surface area contributed by atoms with Crippen molar-refractivity contribution in [3.05, 3.63) is 83.2 Å². The number of anilines is 1. The fraction of sp³-hybridized carbons (Fsp3) is 0.182. The number of pyridine rings is 1. The summed E-state index contributed by atoms with van der Waals surface area (Å²) in [7, 11) is 0. The van der Waals surface area contributed by atoms with E-state index < -0.39 is 29.3 Å². The fourth-order valence-electron chi connectivity index (χ4n) is 3.51. The topological polar surface area (TPSA) is 95.2 Å². The van der Waals surface area contributed by atoms with Gasteiger partial charge in [-0.2, -0.15) is 0 Å². The number of nitrogens with one attached hydrogen (secondary N) is 2. The zero-order valence-corrected chi connectivity index (χ0v) is 16.6. The van der Waals surface area contributed by atoms with Crippen LogP contribution in [0.2, 0.25) is 0 Å². The van der Waals surface area contributed by atoms with Crippen molar-refractivity contribution in [3.8, 4) is 0 Å². The summed E-state index contributed by atoms with van der Waals surface area (Å²) < 4.78 is 39.7. The van der Waals surface area contributed by atoms with Gasteiger partial charge in [0.2, 0.25) is 11.7 Å². The van der Waals surface area contributed by atoms with Crippen molar-refractivity contribution in [2.24, 2.45) is 5.92 Å². The van der Waals surface area contributed by atoms with Crippen LogP contribution in [0.1, 0.15) is 33.0 Å². The molecular formula is C22H17F3N4O3. The molecule has 164 valence electrons. The maximum atomic E-state index is 13.3. The molecule has 0 aliphatic carbocycles. The lowest BCUT2D eigenvalue weighted by Crippen LogP contribution is -2.31. The van der Waals surface area contributed by atoms with Gasteiger partial charge in [0.05, 0.1) is 11.6 Å². The number of nitrogens with zero attached hydrogens (tertiary/aromatic N) is 2. The molecule has 0 saturated carbocycles. The largest absolute Gasteiger partial charge is 0.348 e. The van der Waals surface area contributed by atoms with Gasteiger partial charge in [-0.3, -0.25) is 19.4 Å². The summed E-state index contributed by atoms with van der Waals surface area (Å²) in [5.41, 5.74) is 0.593. The van der Waals surface area contributed by atoms with Gasteiger partial charge < -0.3 is 15.2 Å². The third kappa shape index (κ3) is 4.25. The van der Waals surface area contributed by atoms with Gasteiger partial charge in [0.25, 0.3) is 5.91 Å². The standard InChI is InChI=1S/C22H17F3N4O3/c23-15-8-14(9-16(24)19(15)25)27-21(31)13-5-7-29(11-13)22(32)18-4-3-17(28-18)20(30)12-2-1-6-26-10-12/h1-4,6,8-10,13,28H,5,7,11H2,(H,27,31). The zero-order valence-electron chi connectivity index (χ0n) is 16.6. The van der Waals surface area contributed by atoms with Gasteiger partial charge in [-0.1, -0.05) is 0 Å². The summed E-state index contributed by atoms with van der Waals surface area (Å²) >= 11 is 0. The summed E-state index contributed by atoms with van der Waals surface area (Å²) in [6.07, 6.45) is 3.31. The highest BCUT2D eigenvalue weighted by Crippen LogP contribution is 2.23. The maximum Gasteiger partial charge on any atom is 0.270 e. The monoisotopic (exact) mass is 442 g/mol. The van der Waals surface area contributed by atoms with E-state index in [4.69, 9.17) is 0 Å². The van der Waals surface area contributed by atoms with Crippen LogP contribution >= 0.6 is 0 Å². The zero-order chi connectivity index (χ0) is 22.8. The number of ketones is 1. The van der Waals surface area contributed by atoms with E-state index in [0.29, 0.717) is 24.1 Å². The number of rotatable bonds is 5. The van der Waals surface area contributed by atoms with Crippen molar-refractivity contribution in [3.63, 3.8) is 0 Å². The first-order chi connectivity index (χ1) is 15.3. The average molecular weight is 442 g/mol. The quantitative estimate of drug-likeness (QED) is 0.469. The van der Waals surface area contributed by atoms with Gasteiger partial charge in [0, 0.05) is 48.9 Å². The predicted molar refractivity (Wildman–Crippen MR) is 107 cm³/mol. The summed E-state index contributed by atoms with van der Waals surface area (Å²) in [6.45, 7) is 0.371. The molecule has 10 heteroatoms. The molecular weight excluding hydrogens is 425 g/mol. The van der Waals surface area contributed by atoms with E-state index in [-0.39, 0.29) is 41.9 Å². The van der Waals surface area contributed by atoms with Crippen molar-refractivity contribution in [2.75, 3.05) is 18.4 Å². The third-order valence-electron chi connectivity index (χ3n) is 5.18. The van der Waals surface area contributed by atoms with E-state index in [1.807, 2.05) is 0 Å². The molecule has 0 bridgehead atoms. The molecule has 32 heavy (non-hydrogen) atoms. The van der Waals surface area contributed by atoms with E-state index in [0.717, 1.165) is 0 Å². The first kappa shape index (κ1) is 21.3. The van der Waals surface area contributed by atoms with Crippen LogP contribution in [-0.2, 0) is 4.79 Å². The Morgan fingerprint density at radius 1 is 1.06 bits per heavy atom. The lowest BCUT2D eigenvalue weighted by Gasteiger charge is -2.16. The molecule has 1 atom stereocenters. The Kier molecular flexibility index (Phi) is 5.76. The number of hydrogen-bond donors (Lipinski definition) is 2. The van der Waals surface area contributed by atoms with Crippen LogP contribution in [0.3, 0.4) is 0 Å². The second kappa shape index (κ2) is 8.66. The molecule has 1 fully saturated rings. The van der Waals surface area contributed by atoms with Gasteiger partial charge in [0.15, 0.2) is 17.5 Å². The number of aromatic amines is 1. The number of carbonyl (C=O) groups excluding carboxylic acids is 3. The molecule has 2 N–H and O–H groups in total. The Balaban J connectivity index is 1.39. The summed E-state index contributed by atoms with van der Waals surface area (Å²) in [5, 5.41) is 2.35. The summed E-state index contributed by atoms with van der Waals surface area (Å²) in [4.78, 5) is 45.8.